The predicted molar refractivity (Wildman–Crippen MR) is 84.4 cm³/mol. The molecule has 0 aliphatic rings. The highest BCUT2D eigenvalue weighted by Gasteiger charge is 2.13. The molecule has 3 aromatic rings. The molecular weight excluding hydrogens is 264 g/mol. The molecular formula is C16H16N4O. The SMILES string of the molecule is Cc1cc2c(C)c(NC(=O)c3cccnc3N)ccc2[nH]1. The van der Waals surface area contributed by atoms with Crippen LogP contribution >= 0.6 is 0 Å². The van der Waals surface area contributed by atoms with Crippen molar-refractivity contribution >= 4 is 28.3 Å². The van der Waals surface area contributed by atoms with Gasteiger partial charge in [-0.2, -0.15) is 0 Å². The zero-order valence-electron chi connectivity index (χ0n) is 11.9. The molecule has 0 saturated heterocycles. The lowest BCUT2D eigenvalue weighted by molar-refractivity contribution is 0.102. The molecule has 4 N–H and O–H groups in total. The molecule has 5 nitrogen and oxygen atoms in total. The molecule has 0 unspecified atom stereocenters. The molecule has 0 radical (unpaired) electrons. The number of nitrogens with two attached hydrogens (primary N) is 1. The number of carbonyl (C=O) groups is 1. The van der Waals surface area contributed by atoms with Crippen LogP contribution in [0, 0.1) is 13.8 Å². The number of aromatic amines is 1. The van der Waals surface area contributed by atoms with E-state index >= 15 is 0 Å². The third-order valence-corrected chi connectivity index (χ3v) is 3.54. The number of nitrogen functional groups attached to an aromatic ring is 1. The first kappa shape index (κ1) is 13.2. The van der Waals surface area contributed by atoms with E-state index in [0.29, 0.717) is 5.56 Å². The summed E-state index contributed by atoms with van der Waals surface area (Å²) in [4.78, 5) is 19.5. The fourth-order valence-corrected chi connectivity index (χ4v) is 2.42. The Balaban J connectivity index is 1.97. The average Bonchev–Trinajstić information content (AvgIpc) is 2.84. The van der Waals surface area contributed by atoms with Gasteiger partial charge in [-0.3, -0.25) is 4.79 Å². The van der Waals surface area contributed by atoms with Crippen molar-refractivity contribution in [2.45, 2.75) is 13.8 Å². The topological polar surface area (TPSA) is 83.8 Å². The van der Waals surface area contributed by atoms with Gasteiger partial charge in [-0.05, 0) is 49.7 Å². The molecule has 21 heavy (non-hydrogen) atoms. The second-order valence-corrected chi connectivity index (χ2v) is 5.04. The van der Waals surface area contributed by atoms with Crippen LogP contribution in [0.4, 0.5) is 11.5 Å². The van der Waals surface area contributed by atoms with E-state index in [-0.39, 0.29) is 11.7 Å². The van der Waals surface area contributed by atoms with Crippen molar-refractivity contribution in [3.8, 4) is 0 Å². The van der Waals surface area contributed by atoms with Crippen LogP contribution in [0.25, 0.3) is 10.9 Å². The van der Waals surface area contributed by atoms with Crippen molar-refractivity contribution in [3.05, 3.63) is 53.3 Å². The Hall–Kier alpha value is -2.82. The first-order valence-electron chi connectivity index (χ1n) is 6.67. The highest BCUT2D eigenvalue weighted by Crippen LogP contribution is 2.26. The van der Waals surface area contributed by atoms with Crippen molar-refractivity contribution in [1.29, 1.82) is 0 Å². The van der Waals surface area contributed by atoms with Crippen LogP contribution in [0.3, 0.4) is 0 Å². The monoisotopic (exact) mass is 280 g/mol. The standard InChI is InChI=1S/C16H16N4O/c1-9-8-12-10(2)13(5-6-14(12)19-9)20-16(21)11-4-3-7-18-15(11)17/h3-8,19H,1-2H3,(H2,17,18)(H,20,21). The van der Waals surface area contributed by atoms with E-state index in [9.17, 15) is 4.79 Å². The summed E-state index contributed by atoms with van der Waals surface area (Å²) in [7, 11) is 0. The van der Waals surface area contributed by atoms with Crippen molar-refractivity contribution < 1.29 is 4.79 Å². The summed E-state index contributed by atoms with van der Waals surface area (Å²) < 4.78 is 0. The van der Waals surface area contributed by atoms with Crippen LogP contribution in [-0.2, 0) is 0 Å². The van der Waals surface area contributed by atoms with Gasteiger partial charge in [0, 0.05) is 28.5 Å². The molecule has 1 amide bonds. The van der Waals surface area contributed by atoms with Gasteiger partial charge >= 0.3 is 0 Å². The van der Waals surface area contributed by atoms with Crippen molar-refractivity contribution in [2.24, 2.45) is 0 Å². The van der Waals surface area contributed by atoms with Gasteiger partial charge in [0.05, 0.1) is 5.56 Å². The summed E-state index contributed by atoms with van der Waals surface area (Å²) in [5.41, 5.74) is 10.1. The minimum Gasteiger partial charge on any atom is -0.383 e. The zero-order valence-corrected chi connectivity index (χ0v) is 11.9. The second kappa shape index (κ2) is 4.94. The van der Waals surface area contributed by atoms with Crippen molar-refractivity contribution in [3.63, 3.8) is 0 Å². The molecule has 0 aliphatic heterocycles. The summed E-state index contributed by atoms with van der Waals surface area (Å²) >= 11 is 0. The number of anilines is 2. The number of hydrogen-bond acceptors (Lipinski definition) is 3. The van der Waals surface area contributed by atoms with E-state index in [0.717, 1.165) is 27.8 Å². The average molecular weight is 280 g/mol. The summed E-state index contributed by atoms with van der Waals surface area (Å²) in [6.07, 6.45) is 1.56. The maximum Gasteiger partial charge on any atom is 0.259 e. The van der Waals surface area contributed by atoms with E-state index in [1.807, 2.05) is 26.0 Å². The highest BCUT2D eigenvalue weighted by atomic mass is 16.1. The maximum absolute atomic E-state index is 12.3. The Morgan fingerprint density at radius 3 is 2.86 bits per heavy atom. The number of rotatable bonds is 2. The van der Waals surface area contributed by atoms with E-state index in [2.05, 4.69) is 21.4 Å². The summed E-state index contributed by atoms with van der Waals surface area (Å²) in [6.45, 7) is 3.99. The quantitative estimate of drug-likeness (QED) is 0.674. The number of benzene rings is 1. The number of nitrogens with one attached hydrogen (secondary N) is 2. The first-order valence-corrected chi connectivity index (χ1v) is 6.67. The van der Waals surface area contributed by atoms with Crippen LogP contribution in [0.5, 0.6) is 0 Å². The number of H-pyrrole nitrogens is 1. The molecule has 0 saturated carbocycles. The predicted octanol–water partition coefficient (Wildman–Crippen LogP) is 3.01. The van der Waals surface area contributed by atoms with Crippen molar-refractivity contribution in [1.82, 2.24) is 9.97 Å². The molecule has 106 valence electrons. The van der Waals surface area contributed by atoms with Gasteiger partial charge in [0.2, 0.25) is 0 Å². The number of aromatic nitrogens is 2. The Morgan fingerprint density at radius 1 is 1.29 bits per heavy atom. The summed E-state index contributed by atoms with van der Waals surface area (Å²) in [6, 6.07) is 9.26. The lowest BCUT2D eigenvalue weighted by Crippen LogP contribution is -2.15. The summed E-state index contributed by atoms with van der Waals surface area (Å²) in [5, 5.41) is 4.00. The van der Waals surface area contributed by atoms with Gasteiger partial charge in [0.1, 0.15) is 5.82 Å². The minimum absolute atomic E-state index is 0.228. The van der Waals surface area contributed by atoms with Crippen LogP contribution in [0.15, 0.2) is 36.5 Å². The van der Waals surface area contributed by atoms with E-state index < -0.39 is 0 Å². The van der Waals surface area contributed by atoms with Crippen LogP contribution in [-0.4, -0.2) is 15.9 Å². The highest BCUT2D eigenvalue weighted by molar-refractivity contribution is 6.08. The Labute approximate surface area is 122 Å². The Kier molecular flexibility index (Phi) is 3.10. The molecule has 5 heteroatoms. The number of carbonyl (C=O) groups excluding carboxylic acids is 1. The maximum atomic E-state index is 12.3. The van der Waals surface area contributed by atoms with Gasteiger partial charge < -0.3 is 16.0 Å². The van der Waals surface area contributed by atoms with Gasteiger partial charge in [0.15, 0.2) is 0 Å². The molecule has 3 rings (SSSR count). The van der Waals surface area contributed by atoms with Crippen molar-refractivity contribution in [2.75, 3.05) is 11.1 Å². The normalized spacial score (nSPS) is 10.8. The molecule has 0 atom stereocenters. The Bertz CT molecular complexity index is 835. The fourth-order valence-electron chi connectivity index (χ4n) is 2.42. The number of hydrogen-bond donors (Lipinski definition) is 3. The lowest BCUT2D eigenvalue weighted by Gasteiger charge is -2.10. The lowest BCUT2D eigenvalue weighted by atomic mass is 10.1. The zero-order chi connectivity index (χ0) is 15.0. The molecule has 1 aromatic carbocycles. The van der Waals surface area contributed by atoms with Gasteiger partial charge in [-0.25, -0.2) is 4.98 Å². The summed E-state index contributed by atoms with van der Waals surface area (Å²) in [5.74, 6) is -0.0264. The van der Waals surface area contributed by atoms with Gasteiger partial charge in [-0.1, -0.05) is 0 Å². The number of aryl methyl sites for hydroxylation is 2. The van der Waals surface area contributed by atoms with Crippen LogP contribution < -0.4 is 11.1 Å². The van der Waals surface area contributed by atoms with E-state index in [4.69, 9.17) is 5.73 Å². The molecule has 0 spiro atoms. The Morgan fingerprint density at radius 2 is 2.10 bits per heavy atom. The molecule has 2 aromatic heterocycles. The van der Waals surface area contributed by atoms with Gasteiger partial charge in [-0.15, -0.1) is 0 Å². The van der Waals surface area contributed by atoms with Crippen LogP contribution in [0.2, 0.25) is 0 Å². The molecule has 2 heterocycles. The largest absolute Gasteiger partial charge is 0.383 e. The van der Waals surface area contributed by atoms with Gasteiger partial charge in [0.25, 0.3) is 5.91 Å². The fraction of sp³-hybridized carbons (Fsp3) is 0.125. The number of nitrogens with zero attached hydrogens (tertiary/aromatic N) is 1. The molecule has 0 aliphatic carbocycles. The molecule has 0 bridgehead atoms. The van der Waals surface area contributed by atoms with E-state index in [1.165, 1.54) is 0 Å². The smallest absolute Gasteiger partial charge is 0.259 e. The minimum atomic E-state index is -0.254. The number of fused-ring (bicyclic) bond motifs is 1. The number of amides is 1. The van der Waals surface area contributed by atoms with Crippen LogP contribution in [0.1, 0.15) is 21.6 Å². The first-order chi connectivity index (χ1) is 10.1. The molecule has 0 fully saturated rings. The van der Waals surface area contributed by atoms with E-state index in [1.54, 1.807) is 18.3 Å². The third-order valence-electron chi connectivity index (χ3n) is 3.54. The number of pyridine rings is 1. The third kappa shape index (κ3) is 2.33. The second-order valence-electron chi connectivity index (χ2n) is 5.04.